The maximum Gasteiger partial charge on any atom is 0.418 e. The van der Waals surface area contributed by atoms with Crippen LogP contribution in [0.2, 0.25) is 0 Å². The van der Waals surface area contributed by atoms with Crippen molar-refractivity contribution >= 4 is 34.5 Å². The van der Waals surface area contributed by atoms with Gasteiger partial charge < -0.3 is 15.1 Å². The van der Waals surface area contributed by atoms with Gasteiger partial charge in [-0.25, -0.2) is 0 Å². The molecule has 5 nitrogen and oxygen atoms in total. The number of carbonyl (C=O) groups is 2. The molecule has 2 heterocycles. The fourth-order valence-electron chi connectivity index (χ4n) is 2.33. The van der Waals surface area contributed by atoms with E-state index in [0.29, 0.717) is 0 Å². The molecule has 0 unspecified atom stereocenters. The van der Waals surface area contributed by atoms with Crippen LogP contribution in [0.4, 0.5) is 24.5 Å². The molecule has 0 aliphatic heterocycles. The van der Waals surface area contributed by atoms with Crippen LogP contribution in [-0.2, 0) is 17.4 Å². The number of anilines is 2. The monoisotopic (exact) mass is 394 g/mol. The molecule has 2 amide bonds. The number of amides is 2. The van der Waals surface area contributed by atoms with Gasteiger partial charge in [-0.15, -0.1) is 11.3 Å². The second-order valence-corrected chi connectivity index (χ2v) is 6.53. The zero-order chi connectivity index (χ0) is 19.4. The van der Waals surface area contributed by atoms with Gasteiger partial charge in [0, 0.05) is 10.6 Å². The minimum absolute atomic E-state index is 0.0219. The van der Waals surface area contributed by atoms with Crippen molar-refractivity contribution in [3.8, 4) is 0 Å². The molecule has 0 atom stereocenters. The number of benzene rings is 1. The number of thiophene rings is 1. The Hall–Kier alpha value is -3.07. The Morgan fingerprint density at radius 1 is 1.07 bits per heavy atom. The zero-order valence-corrected chi connectivity index (χ0v) is 14.5. The molecule has 0 saturated carbocycles. The van der Waals surface area contributed by atoms with Crippen molar-refractivity contribution in [1.82, 2.24) is 0 Å². The molecule has 27 heavy (non-hydrogen) atoms. The molecule has 0 aliphatic rings. The molecule has 9 heteroatoms. The van der Waals surface area contributed by atoms with Gasteiger partial charge in [-0.3, -0.25) is 9.59 Å². The Morgan fingerprint density at radius 3 is 2.52 bits per heavy atom. The van der Waals surface area contributed by atoms with Crippen LogP contribution in [0.1, 0.15) is 21.0 Å². The summed E-state index contributed by atoms with van der Waals surface area (Å²) in [7, 11) is 0. The molecule has 0 radical (unpaired) electrons. The minimum atomic E-state index is -4.71. The second-order valence-electron chi connectivity index (χ2n) is 5.49. The van der Waals surface area contributed by atoms with E-state index < -0.39 is 23.6 Å². The molecule has 0 fully saturated rings. The molecule has 0 saturated heterocycles. The van der Waals surface area contributed by atoms with Crippen LogP contribution in [0.15, 0.2) is 58.5 Å². The van der Waals surface area contributed by atoms with Gasteiger partial charge in [-0.2, -0.15) is 13.2 Å². The normalized spacial score (nSPS) is 11.2. The van der Waals surface area contributed by atoms with E-state index in [9.17, 15) is 22.8 Å². The number of hydrogen-bond acceptors (Lipinski definition) is 4. The number of carbonyl (C=O) groups excluding carboxylic acids is 2. The molecule has 2 aromatic heterocycles. The first-order chi connectivity index (χ1) is 12.8. The highest BCUT2D eigenvalue weighted by Gasteiger charge is 2.34. The summed E-state index contributed by atoms with van der Waals surface area (Å²) in [5.41, 5.74) is -1.50. The molecular formula is C18H13F3N2O3S. The molecule has 0 spiro atoms. The van der Waals surface area contributed by atoms with Gasteiger partial charge in [-0.1, -0.05) is 6.07 Å². The Balaban J connectivity index is 1.79. The van der Waals surface area contributed by atoms with E-state index in [4.69, 9.17) is 4.42 Å². The molecule has 2 N–H and O–H groups in total. The molecule has 1 aromatic carbocycles. The van der Waals surface area contributed by atoms with Crippen molar-refractivity contribution in [2.24, 2.45) is 0 Å². The highest BCUT2D eigenvalue weighted by Crippen LogP contribution is 2.36. The van der Waals surface area contributed by atoms with Crippen molar-refractivity contribution in [2.45, 2.75) is 12.6 Å². The Labute approximate surface area is 155 Å². The second kappa shape index (κ2) is 7.67. The summed E-state index contributed by atoms with van der Waals surface area (Å²) in [6.45, 7) is 0. The van der Waals surface area contributed by atoms with Gasteiger partial charge in [0.15, 0.2) is 5.76 Å². The van der Waals surface area contributed by atoms with Gasteiger partial charge >= 0.3 is 6.18 Å². The van der Waals surface area contributed by atoms with E-state index in [1.54, 1.807) is 17.5 Å². The molecule has 3 rings (SSSR count). The lowest BCUT2D eigenvalue weighted by Crippen LogP contribution is -2.19. The first kappa shape index (κ1) is 18.7. The third-order valence-electron chi connectivity index (χ3n) is 3.52. The number of halogens is 3. The Kier molecular flexibility index (Phi) is 5.31. The average molecular weight is 394 g/mol. The van der Waals surface area contributed by atoms with Crippen molar-refractivity contribution < 1.29 is 27.2 Å². The van der Waals surface area contributed by atoms with E-state index in [1.165, 1.54) is 35.8 Å². The van der Waals surface area contributed by atoms with Gasteiger partial charge in [0.25, 0.3) is 5.91 Å². The van der Waals surface area contributed by atoms with Crippen LogP contribution in [0.5, 0.6) is 0 Å². The summed E-state index contributed by atoms with van der Waals surface area (Å²) in [5.74, 6) is -1.27. The first-order valence-electron chi connectivity index (χ1n) is 7.71. The number of rotatable bonds is 5. The van der Waals surface area contributed by atoms with Crippen LogP contribution in [0.25, 0.3) is 0 Å². The molecular weight excluding hydrogens is 381 g/mol. The Bertz CT molecular complexity index is 935. The number of furan rings is 1. The predicted molar refractivity (Wildman–Crippen MR) is 94.8 cm³/mol. The summed E-state index contributed by atoms with van der Waals surface area (Å²) >= 11 is 1.34. The predicted octanol–water partition coefficient (Wildman–Crippen LogP) is 4.79. The fourth-order valence-corrected chi connectivity index (χ4v) is 3.04. The van der Waals surface area contributed by atoms with Crippen LogP contribution in [0.3, 0.4) is 0 Å². The van der Waals surface area contributed by atoms with Crippen molar-refractivity contribution in [3.63, 3.8) is 0 Å². The quantitative estimate of drug-likeness (QED) is 0.653. The van der Waals surface area contributed by atoms with Crippen LogP contribution in [0, 0.1) is 0 Å². The SMILES string of the molecule is O=C(Cc1cccs1)Nc1ccc(NC(=O)c2ccco2)cc1C(F)(F)F. The summed E-state index contributed by atoms with van der Waals surface area (Å²) in [5, 5.41) is 6.39. The van der Waals surface area contributed by atoms with E-state index in [-0.39, 0.29) is 23.6 Å². The lowest BCUT2D eigenvalue weighted by Gasteiger charge is -2.15. The van der Waals surface area contributed by atoms with Crippen molar-refractivity contribution in [1.29, 1.82) is 0 Å². The van der Waals surface area contributed by atoms with Gasteiger partial charge in [0.2, 0.25) is 5.91 Å². The average Bonchev–Trinajstić information content (AvgIpc) is 3.28. The minimum Gasteiger partial charge on any atom is -0.459 e. The maximum atomic E-state index is 13.4. The van der Waals surface area contributed by atoms with Crippen LogP contribution < -0.4 is 10.6 Å². The highest BCUT2D eigenvalue weighted by molar-refractivity contribution is 7.10. The third kappa shape index (κ3) is 4.76. The third-order valence-corrected chi connectivity index (χ3v) is 4.39. The summed E-state index contributed by atoms with van der Waals surface area (Å²) in [6.07, 6.45) is -3.45. The topological polar surface area (TPSA) is 71.3 Å². The number of hydrogen-bond donors (Lipinski definition) is 2. The van der Waals surface area contributed by atoms with E-state index in [0.717, 1.165) is 17.0 Å². The first-order valence-corrected chi connectivity index (χ1v) is 8.59. The molecule has 140 valence electrons. The summed E-state index contributed by atoms with van der Waals surface area (Å²) in [4.78, 5) is 24.7. The number of nitrogens with one attached hydrogen (secondary N) is 2. The Morgan fingerprint density at radius 2 is 1.89 bits per heavy atom. The lowest BCUT2D eigenvalue weighted by atomic mass is 10.1. The van der Waals surface area contributed by atoms with Crippen LogP contribution in [-0.4, -0.2) is 11.8 Å². The zero-order valence-electron chi connectivity index (χ0n) is 13.7. The maximum absolute atomic E-state index is 13.4. The standard InChI is InChI=1S/C18H13F3N2O3S/c19-18(20,21)13-9-11(22-17(25)15-4-1-7-26-15)5-6-14(13)23-16(24)10-12-3-2-8-27-12/h1-9H,10H2,(H,22,25)(H,23,24). The van der Waals surface area contributed by atoms with E-state index >= 15 is 0 Å². The van der Waals surface area contributed by atoms with Gasteiger partial charge in [0.05, 0.1) is 23.9 Å². The molecule has 3 aromatic rings. The highest BCUT2D eigenvalue weighted by atomic mass is 32.1. The van der Waals surface area contributed by atoms with Crippen molar-refractivity contribution in [2.75, 3.05) is 10.6 Å². The lowest BCUT2D eigenvalue weighted by molar-refractivity contribution is -0.136. The van der Waals surface area contributed by atoms with E-state index in [2.05, 4.69) is 10.6 Å². The molecule has 0 aliphatic carbocycles. The molecule has 0 bridgehead atoms. The summed E-state index contributed by atoms with van der Waals surface area (Å²) in [6, 6.07) is 9.50. The van der Waals surface area contributed by atoms with Crippen LogP contribution >= 0.6 is 11.3 Å². The largest absolute Gasteiger partial charge is 0.459 e. The smallest absolute Gasteiger partial charge is 0.418 e. The summed E-state index contributed by atoms with van der Waals surface area (Å²) < 4.78 is 45.1. The fraction of sp³-hybridized carbons (Fsp3) is 0.111. The van der Waals surface area contributed by atoms with Gasteiger partial charge in [0.1, 0.15) is 0 Å². The van der Waals surface area contributed by atoms with Gasteiger partial charge in [-0.05, 0) is 41.8 Å². The van der Waals surface area contributed by atoms with Crippen molar-refractivity contribution in [3.05, 3.63) is 70.3 Å². The number of alkyl halides is 3. The van der Waals surface area contributed by atoms with E-state index in [1.807, 2.05) is 0 Å².